The number of carboxylic acids is 1. The van der Waals surface area contributed by atoms with E-state index in [1.165, 1.54) is 6.07 Å². The Hall–Kier alpha value is -2.43. The van der Waals surface area contributed by atoms with Crippen molar-refractivity contribution >= 4 is 11.8 Å². The van der Waals surface area contributed by atoms with Gasteiger partial charge in [-0.25, -0.2) is 9.78 Å². The molecule has 2 heterocycles. The minimum absolute atomic E-state index is 0.0330. The fourth-order valence-corrected chi connectivity index (χ4v) is 1.82. The maximum Gasteiger partial charge on any atom is 0.354 e. The highest BCUT2D eigenvalue weighted by Gasteiger charge is 2.21. The average Bonchev–Trinajstić information content (AvgIpc) is 2.46. The van der Waals surface area contributed by atoms with Gasteiger partial charge in [-0.3, -0.25) is 4.98 Å². The largest absolute Gasteiger partial charge is 0.477 e. The van der Waals surface area contributed by atoms with Crippen LogP contribution in [0.4, 0.5) is 5.82 Å². The highest BCUT2D eigenvalue weighted by molar-refractivity contribution is 5.85. The van der Waals surface area contributed by atoms with Crippen molar-refractivity contribution in [1.82, 2.24) is 9.97 Å². The summed E-state index contributed by atoms with van der Waals surface area (Å²) in [5.74, 6) is -0.480. The number of aromatic carboxylic acids is 1. The molecule has 0 atom stereocenters. The SMILES string of the molecule is CC(C)(CNc1cccc(C(=O)O)n1)c1ccccn1. The Bertz CT molecular complexity index is 597. The first kappa shape index (κ1) is 14.0. The van der Waals surface area contributed by atoms with E-state index < -0.39 is 5.97 Å². The van der Waals surface area contributed by atoms with Gasteiger partial charge >= 0.3 is 5.97 Å². The van der Waals surface area contributed by atoms with Crippen LogP contribution >= 0.6 is 0 Å². The molecule has 2 aromatic rings. The normalized spacial score (nSPS) is 11.1. The van der Waals surface area contributed by atoms with Crippen LogP contribution < -0.4 is 5.32 Å². The molecular formula is C15H17N3O2. The van der Waals surface area contributed by atoms with Gasteiger partial charge in [0, 0.05) is 23.9 Å². The third kappa shape index (κ3) is 3.32. The predicted molar refractivity (Wildman–Crippen MR) is 76.9 cm³/mol. The fourth-order valence-electron chi connectivity index (χ4n) is 1.82. The van der Waals surface area contributed by atoms with Crippen molar-refractivity contribution in [3.05, 3.63) is 54.0 Å². The van der Waals surface area contributed by atoms with E-state index >= 15 is 0 Å². The lowest BCUT2D eigenvalue weighted by molar-refractivity contribution is 0.0690. The third-order valence-electron chi connectivity index (χ3n) is 3.04. The van der Waals surface area contributed by atoms with Crippen LogP contribution in [-0.2, 0) is 5.41 Å². The Morgan fingerprint density at radius 2 is 2.05 bits per heavy atom. The zero-order valence-corrected chi connectivity index (χ0v) is 11.5. The molecule has 0 saturated heterocycles. The van der Waals surface area contributed by atoms with E-state index in [1.54, 1.807) is 18.3 Å². The van der Waals surface area contributed by atoms with Crippen LogP contribution in [0.3, 0.4) is 0 Å². The number of anilines is 1. The van der Waals surface area contributed by atoms with Crippen LogP contribution in [0.1, 0.15) is 30.0 Å². The molecule has 2 rings (SSSR count). The van der Waals surface area contributed by atoms with Crippen LogP contribution in [-0.4, -0.2) is 27.6 Å². The molecule has 0 aliphatic heterocycles. The first-order valence-corrected chi connectivity index (χ1v) is 6.35. The smallest absolute Gasteiger partial charge is 0.354 e. The van der Waals surface area contributed by atoms with Gasteiger partial charge in [0.15, 0.2) is 5.69 Å². The number of aromatic nitrogens is 2. The molecule has 5 nitrogen and oxygen atoms in total. The van der Waals surface area contributed by atoms with Gasteiger partial charge in [-0.2, -0.15) is 0 Å². The van der Waals surface area contributed by atoms with Crippen LogP contribution in [0.2, 0.25) is 0 Å². The number of hydrogen-bond acceptors (Lipinski definition) is 4. The summed E-state index contributed by atoms with van der Waals surface area (Å²) in [6.45, 7) is 4.76. The molecule has 2 aromatic heterocycles. The van der Waals surface area contributed by atoms with Crippen molar-refractivity contribution in [2.75, 3.05) is 11.9 Å². The van der Waals surface area contributed by atoms with Gasteiger partial charge in [0.05, 0.1) is 0 Å². The van der Waals surface area contributed by atoms with Crippen LogP contribution in [0.15, 0.2) is 42.6 Å². The van der Waals surface area contributed by atoms with E-state index in [0.717, 1.165) is 5.69 Å². The van der Waals surface area contributed by atoms with E-state index in [2.05, 4.69) is 29.1 Å². The molecule has 2 N–H and O–H groups in total. The Balaban J connectivity index is 2.08. The lowest BCUT2D eigenvalue weighted by Gasteiger charge is -2.24. The topological polar surface area (TPSA) is 75.1 Å². The first-order chi connectivity index (χ1) is 9.49. The van der Waals surface area contributed by atoms with Gasteiger partial charge in [-0.05, 0) is 24.3 Å². The molecule has 0 aliphatic carbocycles. The quantitative estimate of drug-likeness (QED) is 0.874. The van der Waals surface area contributed by atoms with Gasteiger partial charge in [-0.15, -0.1) is 0 Å². The van der Waals surface area contributed by atoms with Crippen molar-refractivity contribution in [3.63, 3.8) is 0 Å². The summed E-state index contributed by atoms with van der Waals surface area (Å²) in [6, 6.07) is 10.7. The van der Waals surface area contributed by atoms with Crippen LogP contribution in [0, 0.1) is 0 Å². The zero-order chi connectivity index (χ0) is 14.6. The molecule has 0 aliphatic rings. The number of nitrogens with zero attached hydrogens (tertiary/aromatic N) is 2. The van der Waals surface area contributed by atoms with Gasteiger partial charge in [0.2, 0.25) is 0 Å². The Morgan fingerprint density at radius 3 is 2.70 bits per heavy atom. The highest BCUT2D eigenvalue weighted by Crippen LogP contribution is 2.21. The van der Waals surface area contributed by atoms with E-state index in [1.807, 2.05) is 18.2 Å². The summed E-state index contributed by atoms with van der Waals surface area (Å²) in [7, 11) is 0. The van der Waals surface area contributed by atoms with Crippen LogP contribution in [0.25, 0.3) is 0 Å². The molecule has 0 aromatic carbocycles. The monoisotopic (exact) mass is 271 g/mol. The van der Waals surface area contributed by atoms with Crippen molar-refractivity contribution in [1.29, 1.82) is 0 Å². The lowest BCUT2D eigenvalue weighted by atomic mass is 9.89. The molecule has 104 valence electrons. The number of carboxylic acid groups (broad SMARTS) is 1. The van der Waals surface area contributed by atoms with Crippen molar-refractivity contribution in [2.45, 2.75) is 19.3 Å². The van der Waals surface area contributed by atoms with Crippen molar-refractivity contribution < 1.29 is 9.90 Å². The maximum absolute atomic E-state index is 10.9. The molecule has 0 saturated carbocycles. The molecule has 0 radical (unpaired) electrons. The number of hydrogen-bond donors (Lipinski definition) is 2. The van der Waals surface area contributed by atoms with Crippen LogP contribution in [0.5, 0.6) is 0 Å². The molecule has 0 bridgehead atoms. The van der Waals surface area contributed by atoms with E-state index in [9.17, 15) is 4.79 Å². The molecule has 20 heavy (non-hydrogen) atoms. The average molecular weight is 271 g/mol. The van der Waals surface area contributed by atoms with Gasteiger partial charge in [-0.1, -0.05) is 26.0 Å². The van der Waals surface area contributed by atoms with Gasteiger partial charge in [0.1, 0.15) is 5.82 Å². The number of rotatable bonds is 5. The second-order valence-corrected chi connectivity index (χ2v) is 5.17. The molecule has 5 heteroatoms. The van der Waals surface area contributed by atoms with E-state index in [0.29, 0.717) is 12.4 Å². The maximum atomic E-state index is 10.9. The zero-order valence-electron chi connectivity index (χ0n) is 11.5. The second-order valence-electron chi connectivity index (χ2n) is 5.17. The first-order valence-electron chi connectivity index (χ1n) is 6.35. The summed E-state index contributed by atoms with van der Waals surface area (Å²) in [6.07, 6.45) is 1.76. The summed E-state index contributed by atoms with van der Waals surface area (Å²) < 4.78 is 0. The minimum Gasteiger partial charge on any atom is -0.477 e. The molecule has 0 spiro atoms. The van der Waals surface area contributed by atoms with Crippen molar-refractivity contribution in [3.8, 4) is 0 Å². The van der Waals surface area contributed by atoms with Crippen molar-refractivity contribution in [2.24, 2.45) is 0 Å². The minimum atomic E-state index is -1.03. The fraction of sp³-hybridized carbons (Fsp3) is 0.267. The van der Waals surface area contributed by atoms with Gasteiger partial charge < -0.3 is 10.4 Å². The predicted octanol–water partition coefficient (Wildman–Crippen LogP) is 2.56. The second kappa shape index (κ2) is 5.69. The summed E-state index contributed by atoms with van der Waals surface area (Å²) in [5.41, 5.74) is 0.829. The highest BCUT2D eigenvalue weighted by atomic mass is 16.4. The summed E-state index contributed by atoms with van der Waals surface area (Å²) >= 11 is 0. The molecule has 0 amide bonds. The summed E-state index contributed by atoms with van der Waals surface area (Å²) in [5, 5.41) is 12.1. The lowest BCUT2D eigenvalue weighted by Crippen LogP contribution is -2.29. The number of pyridine rings is 2. The van der Waals surface area contributed by atoms with E-state index in [4.69, 9.17) is 5.11 Å². The molecule has 0 fully saturated rings. The Kier molecular flexibility index (Phi) is 3.98. The Morgan fingerprint density at radius 1 is 1.25 bits per heavy atom. The molecule has 0 unspecified atom stereocenters. The molecular weight excluding hydrogens is 254 g/mol. The van der Waals surface area contributed by atoms with E-state index in [-0.39, 0.29) is 11.1 Å². The standard InChI is InChI=1S/C15H17N3O2/c1-15(2,12-7-3-4-9-16-12)10-17-13-8-5-6-11(18-13)14(19)20/h3-9H,10H2,1-2H3,(H,17,18)(H,19,20). The van der Waals surface area contributed by atoms with Gasteiger partial charge in [0.25, 0.3) is 0 Å². The number of nitrogens with one attached hydrogen (secondary N) is 1. The third-order valence-corrected chi connectivity index (χ3v) is 3.04. The summed E-state index contributed by atoms with van der Waals surface area (Å²) in [4.78, 5) is 19.3. The Labute approximate surface area is 117 Å². The number of carbonyl (C=O) groups is 1.